The molecule has 162 valence electrons. The van der Waals surface area contributed by atoms with E-state index in [0.29, 0.717) is 55.4 Å². The Kier molecular flexibility index (Phi) is 6.08. The van der Waals surface area contributed by atoms with Crippen LogP contribution in [-0.4, -0.2) is 52.7 Å². The average Bonchev–Trinajstić information content (AvgIpc) is 3.29. The molecule has 31 heavy (non-hydrogen) atoms. The van der Waals surface area contributed by atoms with Crippen molar-refractivity contribution in [3.05, 3.63) is 65.5 Å². The van der Waals surface area contributed by atoms with Crippen molar-refractivity contribution in [2.45, 2.75) is 31.6 Å². The Bertz CT molecular complexity index is 1040. The Balaban J connectivity index is 1.53. The Morgan fingerprint density at radius 2 is 1.97 bits per heavy atom. The fourth-order valence-electron chi connectivity index (χ4n) is 4.03. The highest BCUT2D eigenvalue weighted by Gasteiger charge is 2.41. The topological polar surface area (TPSA) is 81.4 Å². The van der Waals surface area contributed by atoms with Gasteiger partial charge in [-0.05, 0) is 62.6 Å². The van der Waals surface area contributed by atoms with Gasteiger partial charge >= 0.3 is 0 Å². The maximum Gasteiger partial charge on any atom is 0.257 e. The maximum absolute atomic E-state index is 13.2. The number of carbonyl (C=O) groups is 1. The van der Waals surface area contributed by atoms with Crippen molar-refractivity contribution in [3.63, 3.8) is 0 Å². The molecule has 1 aliphatic rings. The highest BCUT2D eigenvalue weighted by molar-refractivity contribution is 5.94. The normalized spacial score (nSPS) is 15.8. The smallest absolute Gasteiger partial charge is 0.257 e. The van der Waals surface area contributed by atoms with Crippen molar-refractivity contribution in [1.29, 1.82) is 0 Å². The summed E-state index contributed by atoms with van der Waals surface area (Å²) < 4.78 is 24.1. The van der Waals surface area contributed by atoms with E-state index in [-0.39, 0.29) is 17.1 Å². The zero-order valence-corrected chi connectivity index (χ0v) is 17.7. The average molecular weight is 424 g/mol. The summed E-state index contributed by atoms with van der Waals surface area (Å²) in [4.78, 5) is 23.6. The number of likely N-dealkylation sites (tertiary alicyclic amines) is 1. The molecule has 7 nitrogen and oxygen atoms in total. The Hall–Kier alpha value is -3.13. The number of amides is 1. The minimum absolute atomic E-state index is 0.00551. The molecule has 2 aromatic heterocycles. The molecule has 0 bridgehead atoms. The summed E-state index contributed by atoms with van der Waals surface area (Å²) in [6.07, 6.45) is 3.79. The summed E-state index contributed by atoms with van der Waals surface area (Å²) in [6.45, 7) is 3.60. The quantitative estimate of drug-likeness (QED) is 0.599. The van der Waals surface area contributed by atoms with E-state index in [9.17, 15) is 9.18 Å². The first-order chi connectivity index (χ1) is 15.0. The van der Waals surface area contributed by atoms with E-state index < -0.39 is 0 Å². The molecule has 0 aliphatic carbocycles. The third-order valence-electron chi connectivity index (χ3n) is 5.93. The highest BCUT2D eigenvalue weighted by Crippen LogP contribution is 2.38. The second kappa shape index (κ2) is 8.93. The Morgan fingerprint density at radius 3 is 2.65 bits per heavy atom. The van der Waals surface area contributed by atoms with E-state index in [2.05, 4.69) is 15.1 Å². The number of hydrogen-bond donors (Lipinski definition) is 0. The second-order valence-electron chi connectivity index (χ2n) is 7.93. The number of nitrogens with zero attached hydrogens (tertiary/aromatic N) is 4. The number of benzene rings is 1. The monoisotopic (exact) mass is 424 g/mol. The SMILES string of the molecule is COCCC1(c2noc(-c3ccc(F)cc3)n2)CCN(C(=O)c2ccnc(C)c2)CC1. The van der Waals surface area contributed by atoms with Gasteiger partial charge in [-0.15, -0.1) is 0 Å². The highest BCUT2D eigenvalue weighted by atomic mass is 19.1. The molecule has 1 fully saturated rings. The van der Waals surface area contributed by atoms with E-state index in [1.807, 2.05) is 17.9 Å². The van der Waals surface area contributed by atoms with Gasteiger partial charge in [0.2, 0.25) is 0 Å². The Morgan fingerprint density at radius 1 is 1.23 bits per heavy atom. The van der Waals surface area contributed by atoms with Crippen LogP contribution in [0, 0.1) is 12.7 Å². The molecule has 0 atom stereocenters. The second-order valence-corrected chi connectivity index (χ2v) is 7.93. The van der Waals surface area contributed by atoms with Gasteiger partial charge in [0, 0.05) is 55.2 Å². The first-order valence-corrected chi connectivity index (χ1v) is 10.3. The van der Waals surface area contributed by atoms with Crippen LogP contribution in [0.3, 0.4) is 0 Å². The number of aryl methyl sites for hydroxylation is 1. The van der Waals surface area contributed by atoms with Gasteiger partial charge < -0.3 is 14.2 Å². The molecule has 3 heterocycles. The molecule has 3 aromatic rings. The number of hydrogen-bond acceptors (Lipinski definition) is 6. The number of ether oxygens (including phenoxy) is 1. The largest absolute Gasteiger partial charge is 0.385 e. The predicted molar refractivity (Wildman–Crippen MR) is 112 cm³/mol. The molecule has 0 spiro atoms. The molecule has 0 unspecified atom stereocenters. The Labute approximate surface area is 180 Å². The molecular formula is C23H25FN4O3. The third-order valence-corrected chi connectivity index (χ3v) is 5.93. The fraction of sp³-hybridized carbons (Fsp3) is 0.391. The zero-order chi connectivity index (χ0) is 21.8. The van der Waals surface area contributed by atoms with Crippen molar-refractivity contribution in [1.82, 2.24) is 20.0 Å². The molecule has 4 rings (SSSR count). The summed E-state index contributed by atoms with van der Waals surface area (Å²) in [7, 11) is 1.66. The fourth-order valence-corrected chi connectivity index (χ4v) is 4.03. The lowest BCUT2D eigenvalue weighted by Gasteiger charge is -2.39. The summed E-state index contributed by atoms with van der Waals surface area (Å²) in [5.41, 5.74) is 1.79. The summed E-state index contributed by atoms with van der Waals surface area (Å²) in [6, 6.07) is 9.52. The summed E-state index contributed by atoms with van der Waals surface area (Å²) in [5.74, 6) is 0.653. The number of rotatable bonds is 6. The zero-order valence-electron chi connectivity index (χ0n) is 17.7. The van der Waals surface area contributed by atoms with Crippen LogP contribution in [0.2, 0.25) is 0 Å². The van der Waals surface area contributed by atoms with Crippen molar-refractivity contribution in [2.24, 2.45) is 0 Å². The molecule has 0 saturated carbocycles. The maximum atomic E-state index is 13.2. The molecule has 1 aromatic carbocycles. The molecular weight excluding hydrogens is 399 g/mol. The van der Waals surface area contributed by atoms with Crippen molar-refractivity contribution < 1.29 is 18.4 Å². The van der Waals surface area contributed by atoms with Gasteiger partial charge in [0.05, 0.1) is 0 Å². The summed E-state index contributed by atoms with van der Waals surface area (Å²) >= 11 is 0. The van der Waals surface area contributed by atoms with Crippen LogP contribution < -0.4 is 0 Å². The van der Waals surface area contributed by atoms with Crippen LogP contribution in [0.25, 0.3) is 11.5 Å². The van der Waals surface area contributed by atoms with Gasteiger partial charge in [0.25, 0.3) is 11.8 Å². The number of pyridine rings is 1. The third kappa shape index (κ3) is 4.49. The lowest BCUT2D eigenvalue weighted by molar-refractivity contribution is 0.0616. The lowest BCUT2D eigenvalue weighted by atomic mass is 9.75. The number of piperidine rings is 1. The van der Waals surface area contributed by atoms with Gasteiger partial charge in [-0.3, -0.25) is 9.78 Å². The van der Waals surface area contributed by atoms with E-state index in [0.717, 1.165) is 12.1 Å². The molecule has 1 aliphatic heterocycles. The number of halogens is 1. The van der Waals surface area contributed by atoms with Gasteiger partial charge in [-0.25, -0.2) is 4.39 Å². The van der Waals surface area contributed by atoms with Gasteiger partial charge in [-0.1, -0.05) is 5.16 Å². The van der Waals surface area contributed by atoms with Crippen LogP contribution in [-0.2, 0) is 10.2 Å². The molecule has 1 saturated heterocycles. The van der Waals surface area contributed by atoms with Crippen LogP contribution in [0.5, 0.6) is 0 Å². The molecule has 8 heteroatoms. The number of carbonyl (C=O) groups excluding carboxylic acids is 1. The van der Waals surface area contributed by atoms with Gasteiger partial charge in [0.15, 0.2) is 5.82 Å². The van der Waals surface area contributed by atoms with E-state index in [4.69, 9.17) is 9.26 Å². The van der Waals surface area contributed by atoms with Gasteiger partial charge in [-0.2, -0.15) is 4.98 Å². The van der Waals surface area contributed by atoms with Crippen LogP contribution in [0.4, 0.5) is 4.39 Å². The number of methoxy groups -OCH3 is 1. The van der Waals surface area contributed by atoms with Crippen molar-refractivity contribution in [2.75, 3.05) is 26.8 Å². The van der Waals surface area contributed by atoms with Crippen LogP contribution in [0.15, 0.2) is 47.1 Å². The van der Waals surface area contributed by atoms with Gasteiger partial charge in [0.1, 0.15) is 5.82 Å². The molecule has 1 amide bonds. The summed E-state index contributed by atoms with van der Waals surface area (Å²) in [5, 5.41) is 4.26. The van der Waals surface area contributed by atoms with E-state index in [1.165, 1.54) is 12.1 Å². The van der Waals surface area contributed by atoms with Crippen molar-refractivity contribution >= 4 is 5.91 Å². The predicted octanol–water partition coefficient (Wildman–Crippen LogP) is 3.79. The standard InChI is InChI=1S/C23H25FN4O3/c1-16-15-18(7-11-25-16)21(29)28-12-8-23(9-13-28,10-14-30-2)22-26-20(31-27-22)17-3-5-19(24)6-4-17/h3-7,11,15H,8-10,12-14H2,1-2H3. The first kappa shape index (κ1) is 21.1. The van der Waals surface area contributed by atoms with E-state index >= 15 is 0 Å². The van der Waals surface area contributed by atoms with E-state index in [1.54, 1.807) is 31.5 Å². The lowest BCUT2D eigenvalue weighted by Crippen LogP contribution is -2.46. The minimum atomic E-state index is -0.345. The molecule has 0 N–H and O–H groups in total. The minimum Gasteiger partial charge on any atom is -0.385 e. The molecule has 0 radical (unpaired) electrons. The van der Waals surface area contributed by atoms with Crippen LogP contribution >= 0.6 is 0 Å². The van der Waals surface area contributed by atoms with Crippen LogP contribution in [0.1, 0.15) is 41.1 Å². The van der Waals surface area contributed by atoms with Crippen molar-refractivity contribution in [3.8, 4) is 11.5 Å². The number of aromatic nitrogens is 3. The first-order valence-electron chi connectivity index (χ1n) is 10.3.